The molecular formula is C30H33N5O. The summed E-state index contributed by atoms with van der Waals surface area (Å²) in [6.45, 7) is 8.06. The SMILES string of the molecule is O=c1c2c(ncn1CCN1CCN(c3cccc4ccccc34)CC1)CCN(Cc1ccccc1)C2. The summed E-state index contributed by atoms with van der Waals surface area (Å²) in [6.07, 6.45) is 2.61. The first-order valence-corrected chi connectivity index (χ1v) is 13.0. The number of nitrogens with zero attached hydrogens (tertiary/aromatic N) is 5. The van der Waals surface area contributed by atoms with Crippen LogP contribution >= 0.6 is 0 Å². The standard InChI is InChI=1S/C30H33N5O/c36-30-27-22-33(21-24-7-2-1-3-8-24)14-13-28(27)31-23-35(30)20-17-32-15-18-34(19-16-32)29-12-6-10-25-9-4-5-11-26(25)29/h1-12,23H,13-22H2. The minimum atomic E-state index is 0.132. The van der Waals surface area contributed by atoms with Crippen LogP contribution in [-0.2, 0) is 26.1 Å². The molecule has 3 aromatic carbocycles. The zero-order valence-electron chi connectivity index (χ0n) is 20.7. The Kier molecular flexibility index (Phi) is 6.53. The largest absolute Gasteiger partial charge is 0.368 e. The van der Waals surface area contributed by atoms with Crippen molar-refractivity contribution in [1.82, 2.24) is 19.4 Å². The van der Waals surface area contributed by atoms with Crippen molar-refractivity contribution in [3.05, 3.63) is 106 Å². The van der Waals surface area contributed by atoms with Crippen LogP contribution in [0.2, 0.25) is 0 Å². The van der Waals surface area contributed by atoms with Crippen LogP contribution in [0.5, 0.6) is 0 Å². The average Bonchev–Trinajstić information content (AvgIpc) is 2.93. The summed E-state index contributed by atoms with van der Waals surface area (Å²) in [4.78, 5) is 25.3. The fourth-order valence-electron chi connectivity index (χ4n) is 5.59. The van der Waals surface area contributed by atoms with Gasteiger partial charge in [-0.15, -0.1) is 0 Å². The van der Waals surface area contributed by atoms with Crippen LogP contribution in [-0.4, -0.2) is 58.6 Å². The van der Waals surface area contributed by atoms with E-state index in [-0.39, 0.29) is 5.56 Å². The minimum Gasteiger partial charge on any atom is -0.368 e. The third-order valence-corrected chi connectivity index (χ3v) is 7.65. The highest BCUT2D eigenvalue weighted by atomic mass is 16.1. The van der Waals surface area contributed by atoms with Crippen molar-refractivity contribution in [1.29, 1.82) is 0 Å². The fourth-order valence-corrected chi connectivity index (χ4v) is 5.59. The van der Waals surface area contributed by atoms with Crippen LogP contribution in [0.15, 0.2) is 83.9 Å². The smallest absolute Gasteiger partial charge is 0.258 e. The van der Waals surface area contributed by atoms with Crippen molar-refractivity contribution in [2.75, 3.05) is 44.2 Å². The van der Waals surface area contributed by atoms with Crippen molar-refractivity contribution >= 4 is 16.5 Å². The van der Waals surface area contributed by atoms with Gasteiger partial charge >= 0.3 is 0 Å². The number of piperazine rings is 1. The quantitative estimate of drug-likeness (QED) is 0.421. The first-order valence-electron chi connectivity index (χ1n) is 13.0. The van der Waals surface area contributed by atoms with E-state index in [0.717, 1.165) is 63.5 Å². The topological polar surface area (TPSA) is 44.6 Å². The highest BCUT2D eigenvalue weighted by Gasteiger charge is 2.22. The van der Waals surface area contributed by atoms with E-state index in [1.807, 2.05) is 10.6 Å². The van der Waals surface area contributed by atoms with Gasteiger partial charge in [0.1, 0.15) is 0 Å². The molecule has 6 nitrogen and oxygen atoms in total. The fraction of sp³-hybridized carbons (Fsp3) is 0.333. The molecule has 6 rings (SSSR count). The highest BCUT2D eigenvalue weighted by molar-refractivity contribution is 5.94. The first kappa shape index (κ1) is 23.0. The second kappa shape index (κ2) is 10.2. The number of hydrogen-bond acceptors (Lipinski definition) is 5. The Morgan fingerprint density at radius 1 is 0.750 bits per heavy atom. The highest BCUT2D eigenvalue weighted by Crippen LogP contribution is 2.27. The summed E-state index contributed by atoms with van der Waals surface area (Å²) in [5.74, 6) is 0. The van der Waals surface area contributed by atoms with Crippen molar-refractivity contribution in [3.8, 4) is 0 Å². The summed E-state index contributed by atoms with van der Waals surface area (Å²) < 4.78 is 1.82. The van der Waals surface area contributed by atoms with Gasteiger partial charge in [-0.1, -0.05) is 66.7 Å². The van der Waals surface area contributed by atoms with E-state index in [4.69, 9.17) is 0 Å². The first-order chi connectivity index (χ1) is 17.7. The molecule has 0 radical (unpaired) electrons. The van der Waals surface area contributed by atoms with Crippen LogP contribution < -0.4 is 10.5 Å². The van der Waals surface area contributed by atoms with Crippen LogP contribution in [0.1, 0.15) is 16.8 Å². The molecule has 1 fully saturated rings. The van der Waals surface area contributed by atoms with Gasteiger partial charge in [-0.3, -0.25) is 19.2 Å². The number of hydrogen-bond donors (Lipinski definition) is 0. The van der Waals surface area contributed by atoms with Crippen LogP contribution in [0.25, 0.3) is 10.8 Å². The molecule has 4 aromatic rings. The number of anilines is 1. The Bertz CT molecular complexity index is 1390. The van der Waals surface area contributed by atoms with Gasteiger partial charge in [0.2, 0.25) is 0 Å². The van der Waals surface area contributed by atoms with Gasteiger partial charge in [0.15, 0.2) is 0 Å². The van der Waals surface area contributed by atoms with E-state index in [1.54, 1.807) is 6.33 Å². The molecule has 184 valence electrons. The molecule has 0 amide bonds. The van der Waals surface area contributed by atoms with Gasteiger partial charge in [0.25, 0.3) is 5.56 Å². The average molecular weight is 480 g/mol. The van der Waals surface area contributed by atoms with Crippen molar-refractivity contribution in [2.45, 2.75) is 26.1 Å². The number of benzene rings is 3. The van der Waals surface area contributed by atoms with Gasteiger partial charge in [-0.2, -0.15) is 0 Å². The molecule has 6 heteroatoms. The molecule has 36 heavy (non-hydrogen) atoms. The molecule has 0 unspecified atom stereocenters. The number of rotatable bonds is 6. The number of aromatic nitrogens is 2. The Hall–Kier alpha value is -3.48. The van der Waals surface area contributed by atoms with Crippen molar-refractivity contribution in [3.63, 3.8) is 0 Å². The molecule has 0 saturated carbocycles. The molecule has 0 spiro atoms. The summed E-state index contributed by atoms with van der Waals surface area (Å²) >= 11 is 0. The Labute approximate surface area is 212 Å². The van der Waals surface area contributed by atoms with Gasteiger partial charge in [0, 0.05) is 76.4 Å². The summed E-state index contributed by atoms with van der Waals surface area (Å²) in [6, 6.07) is 25.7. The second-order valence-electron chi connectivity index (χ2n) is 9.94. The van der Waals surface area contributed by atoms with Gasteiger partial charge in [-0.25, -0.2) is 4.98 Å². The molecule has 0 atom stereocenters. The zero-order valence-corrected chi connectivity index (χ0v) is 20.7. The van der Waals surface area contributed by atoms with E-state index < -0.39 is 0 Å². The van der Waals surface area contributed by atoms with Crippen LogP contribution in [0.4, 0.5) is 5.69 Å². The van der Waals surface area contributed by atoms with E-state index in [0.29, 0.717) is 13.1 Å². The van der Waals surface area contributed by atoms with Crippen LogP contribution in [0.3, 0.4) is 0 Å². The Morgan fingerprint density at radius 2 is 1.53 bits per heavy atom. The van der Waals surface area contributed by atoms with E-state index in [9.17, 15) is 4.79 Å². The van der Waals surface area contributed by atoms with Crippen molar-refractivity contribution in [2.24, 2.45) is 0 Å². The summed E-state index contributed by atoms with van der Waals surface area (Å²) in [7, 11) is 0. The predicted octanol–water partition coefficient (Wildman–Crippen LogP) is 3.78. The molecule has 1 aromatic heterocycles. The minimum absolute atomic E-state index is 0.132. The molecule has 3 heterocycles. The van der Waals surface area contributed by atoms with Gasteiger partial charge in [-0.05, 0) is 17.0 Å². The number of fused-ring (bicyclic) bond motifs is 2. The van der Waals surface area contributed by atoms with Gasteiger partial charge < -0.3 is 4.90 Å². The Morgan fingerprint density at radius 3 is 2.39 bits per heavy atom. The lowest BCUT2D eigenvalue weighted by Crippen LogP contribution is -2.48. The van der Waals surface area contributed by atoms with Crippen molar-refractivity contribution < 1.29 is 0 Å². The molecule has 0 bridgehead atoms. The normalized spacial score (nSPS) is 16.8. The maximum absolute atomic E-state index is 13.3. The molecule has 2 aliphatic heterocycles. The lowest BCUT2D eigenvalue weighted by molar-refractivity contribution is 0.235. The summed E-state index contributed by atoms with van der Waals surface area (Å²) in [5.41, 5.74) is 4.59. The molecular weight excluding hydrogens is 446 g/mol. The third-order valence-electron chi connectivity index (χ3n) is 7.65. The maximum Gasteiger partial charge on any atom is 0.258 e. The van der Waals surface area contributed by atoms with E-state index in [2.05, 4.69) is 86.4 Å². The summed E-state index contributed by atoms with van der Waals surface area (Å²) in [5, 5.41) is 2.61. The monoisotopic (exact) mass is 479 g/mol. The predicted molar refractivity (Wildman–Crippen MR) is 145 cm³/mol. The zero-order chi connectivity index (χ0) is 24.3. The molecule has 0 N–H and O–H groups in total. The van der Waals surface area contributed by atoms with E-state index >= 15 is 0 Å². The van der Waals surface area contributed by atoms with Gasteiger partial charge in [0.05, 0.1) is 17.6 Å². The van der Waals surface area contributed by atoms with Crippen LogP contribution in [0, 0.1) is 0 Å². The second-order valence-corrected chi connectivity index (χ2v) is 9.94. The maximum atomic E-state index is 13.3. The Balaban J connectivity index is 1.07. The molecule has 2 aliphatic rings. The van der Waals surface area contributed by atoms with E-state index in [1.165, 1.54) is 22.0 Å². The molecule has 1 saturated heterocycles. The molecule has 0 aliphatic carbocycles. The third kappa shape index (κ3) is 4.79. The lowest BCUT2D eigenvalue weighted by Gasteiger charge is -2.36. The lowest BCUT2D eigenvalue weighted by atomic mass is 10.1.